The van der Waals surface area contributed by atoms with Crippen LogP contribution in [-0.2, 0) is 19.1 Å². The fourth-order valence-corrected chi connectivity index (χ4v) is 5.61. The molecule has 0 radical (unpaired) electrons. The van der Waals surface area contributed by atoms with E-state index in [0.717, 1.165) is 17.5 Å². The molecule has 3 amide bonds. The SMILES string of the molecule is Cc1cccc(C)c1NC(=O)COC(=O)c1ccc(N2C(=O)[C@@H]3CC[C@@H](c4ccccc4)C[C@H]3C2=O)cc1. The van der Waals surface area contributed by atoms with Gasteiger partial charge in [0.05, 0.1) is 23.1 Å². The van der Waals surface area contributed by atoms with Gasteiger partial charge >= 0.3 is 5.97 Å². The third-order valence-electron chi connectivity index (χ3n) is 7.64. The smallest absolute Gasteiger partial charge is 0.338 e. The van der Waals surface area contributed by atoms with Crippen LogP contribution >= 0.6 is 0 Å². The standard InChI is InChI=1S/C31H30N2O5/c1-19-7-6-8-20(2)28(19)32-27(34)18-38-31(37)22-11-14-24(15-12-22)33-29(35)25-16-13-23(17-26(25)30(33)36)21-9-4-3-5-10-21/h3-12,14-15,23,25-26H,13,16-18H2,1-2H3,(H,32,34)/t23-,25-,26-/m1/s1. The van der Waals surface area contributed by atoms with Crippen molar-refractivity contribution in [2.75, 3.05) is 16.8 Å². The molecule has 1 aliphatic heterocycles. The average Bonchev–Trinajstić information content (AvgIpc) is 3.19. The molecule has 3 atom stereocenters. The Morgan fingerprint density at radius 3 is 2.18 bits per heavy atom. The number of ether oxygens (including phenoxy) is 1. The maximum Gasteiger partial charge on any atom is 0.338 e. The second-order valence-corrected chi connectivity index (χ2v) is 10.1. The van der Waals surface area contributed by atoms with Crippen molar-refractivity contribution in [1.82, 2.24) is 0 Å². The molecule has 1 aliphatic carbocycles. The van der Waals surface area contributed by atoms with Crippen molar-refractivity contribution in [3.63, 3.8) is 0 Å². The van der Waals surface area contributed by atoms with Gasteiger partial charge < -0.3 is 10.1 Å². The number of carbonyl (C=O) groups is 4. The summed E-state index contributed by atoms with van der Waals surface area (Å²) in [5, 5.41) is 2.78. The molecule has 1 saturated heterocycles. The lowest BCUT2D eigenvalue weighted by atomic mass is 9.73. The van der Waals surface area contributed by atoms with Gasteiger partial charge in [-0.25, -0.2) is 4.79 Å². The largest absolute Gasteiger partial charge is 0.452 e. The highest BCUT2D eigenvalue weighted by atomic mass is 16.5. The highest BCUT2D eigenvalue weighted by Gasteiger charge is 2.50. The highest BCUT2D eigenvalue weighted by Crippen LogP contribution is 2.45. The Kier molecular flexibility index (Phi) is 7.09. The van der Waals surface area contributed by atoms with E-state index in [2.05, 4.69) is 17.4 Å². The summed E-state index contributed by atoms with van der Waals surface area (Å²) in [6, 6.07) is 22.0. The Labute approximate surface area is 221 Å². The van der Waals surface area contributed by atoms with Gasteiger partial charge in [-0.3, -0.25) is 19.3 Å². The van der Waals surface area contributed by atoms with Crippen molar-refractivity contribution < 1.29 is 23.9 Å². The van der Waals surface area contributed by atoms with E-state index in [-0.39, 0.29) is 35.1 Å². The van der Waals surface area contributed by atoms with Crippen LogP contribution in [0.25, 0.3) is 0 Å². The van der Waals surface area contributed by atoms with Crippen LogP contribution in [0.2, 0.25) is 0 Å². The normalized spacial score (nSPS) is 20.7. The zero-order valence-corrected chi connectivity index (χ0v) is 21.5. The molecular formula is C31H30N2O5. The average molecular weight is 511 g/mol. The Morgan fingerprint density at radius 1 is 0.842 bits per heavy atom. The minimum absolute atomic E-state index is 0.176. The number of esters is 1. The van der Waals surface area contributed by atoms with E-state index in [1.54, 1.807) is 12.1 Å². The predicted octanol–water partition coefficient (Wildman–Crippen LogP) is 5.17. The van der Waals surface area contributed by atoms with Crippen molar-refractivity contribution in [3.05, 3.63) is 95.1 Å². The third-order valence-corrected chi connectivity index (χ3v) is 7.64. The Bertz CT molecular complexity index is 1360. The van der Waals surface area contributed by atoms with E-state index in [1.165, 1.54) is 22.6 Å². The monoisotopic (exact) mass is 510 g/mol. The number of imide groups is 1. The van der Waals surface area contributed by atoms with E-state index >= 15 is 0 Å². The lowest BCUT2D eigenvalue weighted by Gasteiger charge is -2.28. The third kappa shape index (κ3) is 4.96. The summed E-state index contributed by atoms with van der Waals surface area (Å²) in [5.74, 6) is -1.82. The molecule has 3 aromatic carbocycles. The van der Waals surface area contributed by atoms with Crippen molar-refractivity contribution in [2.45, 2.75) is 39.0 Å². The van der Waals surface area contributed by atoms with E-state index in [1.807, 2.05) is 50.2 Å². The van der Waals surface area contributed by atoms with Gasteiger partial charge in [0, 0.05) is 5.69 Å². The first kappa shape index (κ1) is 25.4. The van der Waals surface area contributed by atoms with Crippen LogP contribution in [0.5, 0.6) is 0 Å². The number of nitrogens with zero attached hydrogens (tertiary/aromatic N) is 1. The van der Waals surface area contributed by atoms with Crippen molar-refractivity contribution in [2.24, 2.45) is 11.8 Å². The molecule has 3 aromatic rings. The Morgan fingerprint density at radius 2 is 1.50 bits per heavy atom. The van der Waals surface area contributed by atoms with Crippen molar-refractivity contribution in [1.29, 1.82) is 0 Å². The lowest BCUT2D eigenvalue weighted by molar-refractivity contribution is -0.122. The Hall–Kier alpha value is -4.26. The summed E-state index contributed by atoms with van der Waals surface area (Å²) >= 11 is 0. The van der Waals surface area contributed by atoms with E-state index in [0.29, 0.717) is 24.2 Å². The number of hydrogen-bond donors (Lipinski definition) is 1. The molecule has 0 bridgehead atoms. The summed E-state index contributed by atoms with van der Waals surface area (Å²) in [6.45, 7) is 3.36. The lowest BCUT2D eigenvalue weighted by Crippen LogP contribution is -2.30. The molecule has 2 fully saturated rings. The van der Waals surface area contributed by atoms with Crippen LogP contribution in [0, 0.1) is 25.7 Å². The first-order chi connectivity index (χ1) is 18.3. The fraction of sp³-hybridized carbons (Fsp3) is 0.290. The molecular weight excluding hydrogens is 480 g/mol. The molecule has 7 heteroatoms. The summed E-state index contributed by atoms with van der Waals surface area (Å²) in [7, 11) is 0. The quantitative estimate of drug-likeness (QED) is 0.365. The molecule has 0 spiro atoms. The maximum absolute atomic E-state index is 13.3. The maximum atomic E-state index is 13.3. The molecule has 1 N–H and O–H groups in total. The van der Waals surface area contributed by atoms with E-state index < -0.39 is 18.5 Å². The van der Waals surface area contributed by atoms with Gasteiger partial charge in [-0.05, 0) is 80.0 Å². The molecule has 38 heavy (non-hydrogen) atoms. The number of carbonyl (C=O) groups excluding carboxylic acids is 4. The van der Waals surface area contributed by atoms with Crippen LogP contribution in [0.3, 0.4) is 0 Å². The zero-order valence-electron chi connectivity index (χ0n) is 21.5. The molecule has 1 heterocycles. The molecule has 194 valence electrons. The molecule has 0 unspecified atom stereocenters. The zero-order chi connectivity index (χ0) is 26.8. The second kappa shape index (κ2) is 10.6. The summed E-state index contributed by atoms with van der Waals surface area (Å²) < 4.78 is 5.18. The van der Waals surface area contributed by atoms with Gasteiger partial charge in [0.1, 0.15) is 0 Å². The number of amides is 3. The van der Waals surface area contributed by atoms with Crippen LogP contribution < -0.4 is 10.2 Å². The van der Waals surface area contributed by atoms with Gasteiger partial charge in [0.15, 0.2) is 6.61 Å². The van der Waals surface area contributed by atoms with Gasteiger partial charge in [-0.1, -0.05) is 48.5 Å². The van der Waals surface area contributed by atoms with Gasteiger partial charge in [0.2, 0.25) is 11.8 Å². The first-order valence-electron chi connectivity index (χ1n) is 12.9. The van der Waals surface area contributed by atoms with Crippen LogP contribution in [0.1, 0.15) is 52.2 Å². The highest BCUT2D eigenvalue weighted by molar-refractivity contribution is 6.22. The number of para-hydroxylation sites is 1. The predicted molar refractivity (Wildman–Crippen MR) is 144 cm³/mol. The number of fused-ring (bicyclic) bond motifs is 1. The molecule has 0 aromatic heterocycles. The van der Waals surface area contributed by atoms with Crippen LogP contribution in [0.15, 0.2) is 72.8 Å². The van der Waals surface area contributed by atoms with Gasteiger partial charge in [-0.15, -0.1) is 0 Å². The fourth-order valence-electron chi connectivity index (χ4n) is 5.61. The molecule has 5 rings (SSSR count). The molecule has 2 aliphatic rings. The minimum Gasteiger partial charge on any atom is -0.452 e. The first-order valence-corrected chi connectivity index (χ1v) is 12.9. The summed E-state index contributed by atoms with van der Waals surface area (Å²) in [4.78, 5) is 52.6. The molecule has 1 saturated carbocycles. The van der Waals surface area contributed by atoms with E-state index in [4.69, 9.17) is 4.74 Å². The number of hydrogen-bond acceptors (Lipinski definition) is 5. The number of rotatable bonds is 6. The number of nitrogens with one attached hydrogen (secondary N) is 1. The van der Waals surface area contributed by atoms with Gasteiger partial charge in [0.25, 0.3) is 5.91 Å². The summed E-state index contributed by atoms with van der Waals surface area (Å²) in [5.41, 5.74) is 4.41. The van der Waals surface area contributed by atoms with Gasteiger partial charge in [-0.2, -0.15) is 0 Å². The minimum atomic E-state index is -0.661. The Balaban J connectivity index is 1.21. The number of benzene rings is 3. The topological polar surface area (TPSA) is 92.8 Å². The van der Waals surface area contributed by atoms with Crippen molar-refractivity contribution >= 4 is 35.1 Å². The molecule has 7 nitrogen and oxygen atoms in total. The number of anilines is 2. The van der Waals surface area contributed by atoms with Crippen LogP contribution in [-0.4, -0.2) is 30.3 Å². The van der Waals surface area contributed by atoms with Crippen LogP contribution in [0.4, 0.5) is 11.4 Å². The second-order valence-electron chi connectivity index (χ2n) is 10.1. The van der Waals surface area contributed by atoms with E-state index in [9.17, 15) is 19.2 Å². The van der Waals surface area contributed by atoms with Crippen molar-refractivity contribution in [3.8, 4) is 0 Å². The summed E-state index contributed by atoms with van der Waals surface area (Å²) in [6.07, 6.45) is 2.21. The number of aryl methyl sites for hydroxylation is 2.